The highest BCUT2D eigenvalue weighted by Crippen LogP contribution is 2.32. The van der Waals surface area contributed by atoms with Crippen molar-refractivity contribution in [3.63, 3.8) is 0 Å². The molecule has 32 heavy (non-hydrogen) atoms. The van der Waals surface area contributed by atoms with Crippen molar-refractivity contribution >= 4 is 22.6 Å². The number of hydrogen-bond acceptors (Lipinski definition) is 7. The van der Waals surface area contributed by atoms with E-state index in [9.17, 15) is 5.11 Å². The third-order valence-electron chi connectivity index (χ3n) is 5.59. The molecule has 0 unspecified atom stereocenters. The second-order valence-electron chi connectivity index (χ2n) is 8.53. The van der Waals surface area contributed by atoms with Gasteiger partial charge in [0, 0.05) is 44.0 Å². The number of aromatic nitrogens is 2. The Hall–Kier alpha value is -2.62. The third-order valence-corrected chi connectivity index (χ3v) is 5.59. The van der Waals surface area contributed by atoms with Crippen LogP contribution in [0, 0.1) is 0 Å². The van der Waals surface area contributed by atoms with E-state index in [1.807, 2.05) is 30.7 Å². The van der Waals surface area contributed by atoms with E-state index in [0.717, 1.165) is 48.2 Å². The van der Waals surface area contributed by atoms with Crippen molar-refractivity contribution in [1.82, 2.24) is 20.2 Å². The third kappa shape index (κ3) is 6.69. The molecule has 0 radical (unpaired) electrons. The minimum absolute atomic E-state index is 0.0503. The lowest BCUT2D eigenvalue weighted by atomic mass is 9.93. The fourth-order valence-corrected chi connectivity index (χ4v) is 3.95. The minimum atomic E-state index is -0.329. The predicted octanol–water partition coefficient (Wildman–Crippen LogP) is 1.71. The average Bonchev–Trinajstić information content (AvgIpc) is 3.12. The molecule has 9 heteroatoms. The molecule has 1 atom stereocenters. The summed E-state index contributed by atoms with van der Waals surface area (Å²) in [5.41, 5.74) is 9.33. The van der Waals surface area contributed by atoms with Crippen molar-refractivity contribution in [2.24, 2.45) is 17.8 Å². The van der Waals surface area contributed by atoms with E-state index in [2.05, 4.69) is 20.6 Å². The van der Waals surface area contributed by atoms with E-state index in [1.165, 1.54) is 0 Å². The van der Waals surface area contributed by atoms with Crippen LogP contribution in [0.5, 0.6) is 5.75 Å². The van der Waals surface area contributed by atoms with Gasteiger partial charge in [0.2, 0.25) is 0 Å². The molecule has 0 aliphatic heterocycles. The van der Waals surface area contributed by atoms with E-state index in [-0.39, 0.29) is 18.8 Å². The van der Waals surface area contributed by atoms with Crippen LogP contribution in [0.3, 0.4) is 0 Å². The number of nitrogens with zero attached hydrogens (tertiary/aromatic N) is 3. The van der Waals surface area contributed by atoms with E-state index in [1.54, 1.807) is 19.3 Å². The van der Waals surface area contributed by atoms with Crippen LogP contribution in [0.4, 0.5) is 5.69 Å². The number of nitrogens with one attached hydrogen (secondary N) is 2. The van der Waals surface area contributed by atoms with Crippen molar-refractivity contribution in [1.29, 1.82) is 0 Å². The number of nitrogens with two attached hydrogens (primary N) is 1. The Morgan fingerprint density at radius 2 is 2.12 bits per heavy atom. The molecule has 1 saturated carbocycles. The van der Waals surface area contributed by atoms with Crippen molar-refractivity contribution in [3.8, 4) is 5.75 Å². The molecule has 0 amide bonds. The zero-order valence-electron chi connectivity index (χ0n) is 19.2. The first-order chi connectivity index (χ1) is 15.4. The number of allylic oxidation sites excluding steroid dienone is 1. The highest BCUT2D eigenvalue weighted by Gasteiger charge is 2.23. The van der Waals surface area contributed by atoms with Gasteiger partial charge in [-0.25, -0.2) is 9.98 Å². The highest BCUT2D eigenvalue weighted by molar-refractivity contribution is 5.98. The summed E-state index contributed by atoms with van der Waals surface area (Å²) in [7, 11) is 1.94. The lowest BCUT2D eigenvalue weighted by Crippen LogP contribution is -2.39. The van der Waals surface area contributed by atoms with Crippen LogP contribution in [0.15, 0.2) is 35.2 Å². The van der Waals surface area contributed by atoms with Crippen LogP contribution in [-0.4, -0.2) is 63.5 Å². The highest BCUT2D eigenvalue weighted by atomic mass is 16.5. The number of hydrogen-bond donors (Lipinski definition) is 5. The number of aliphatic hydroxyl groups is 2. The summed E-state index contributed by atoms with van der Waals surface area (Å²) in [6, 6.07) is 4.32. The van der Waals surface area contributed by atoms with Gasteiger partial charge in [-0.05, 0) is 45.6 Å². The number of imidazole rings is 1. The van der Waals surface area contributed by atoms with Crippen LogP contribution in [-0.2, 0) is 7.05 Å². The molecule has 0 bridgehead atoms. The monoisotopic (exact) mass is 444 g/mol. The Kier molecular flexibility index (Phi) is 8.49. The maximum atomic E-state index is 9.46. The van der Waals surface area contributed by atoms with Gasteiger partial charge in [-0.3, -0.25) is 0 Å². The molecular formula is C23H36N6O3. The first-order valence-corrected chi connectivity index (χ1v) is 11.3. The summed E-state index contributed by atoms with van der Waals surface area (Å²) in [6.45, 7) is 4.81. The molecule has 1 aliphatic rings. The lowest BCUT2D eigenvalue weighted by Gasteiger charge is -2.30. The number of aliphatic hydroxyl groups excluding tert-OH is 2. The predicted molar refractivity (Wildman–Crippen MR) is 127 cm³/mol. The Balaban J connectivity index is 1.74. The van der Waals surface area contributed by atoms with Gasteiger partial charge in [0.25, 0.3) is 0 Å². The topological polar surface area (TPSA) is 130 Å². The molecule has 9 nitrogen and oxygen atoms in total. The van der Waals surface area contributed by atoms with Gasteiger partial charge in [0.05, 0.1) is 36.3 Å². The SMILES string of the molecule is C/C(=C/C(N)=Nc1cc(OC2CCC(NC[C@H](C)O)CC2)cc2c1ncn2C)NCCO. The molecule has 1 aromatic heterocycles. The van der Waals surface area contributed by atoms with Gasteiger partial charge >= 0.3 is 0 Å². The Morgan fingerprint density at radius 3 is 2.81 bits per heavy atom. The number of benzene rings is 1. The number of ether oxygens (including phenoxy) is 1. The molecule has 1 heterocycles. The van der Waals surface area contributed by atoms with Gasteiger partial charge in [-0.15, -0.1) is 0 Å². The Labute approximate surface area is 189 Å². The first-order valence-electron chi connectivity index (χ1n) is 11.3. The molecule has 1 aromatic carbocycles. The summed E-state index contributed by atoms with van der Waals surface area (Å²) in [5, 5.41) is 24.9. The van der Waals surface area contributed by atoms with Gasteiger partial charge in [0.15, 0.2) is 0 Å². The fraction of sp³-hybridized carbons (Fsp3) is 0.565. The molecule has 3 rings (SSSR count). The summed E-state index contributed by atoms with van der Waals surface area (Å²) in [5.74, 6) is 1.11. The number of aliphatic imine (C=N–C) groups is 1. The van der Waals surface area contributed by atoms with E-state index in [0.29, 0.717) is 30.7 Å². The summed E-state index contributed by atoms with van der Waals surface area (Å²) >= 11 is 0. The van der Waals surface area contributed by atoms with Gasteiger partial charge in [0.1, 0.15) is 17.1 Å². The molecule has 176 valence electrons. The summed E-state index contributed by atoms with van der Waals surface area (Å²) < 4.78 is 8.28. The van der Waals surface area contributed by atoms with Crippen LogP contribution >= 0.6 is 0 Å². The number of amidine groups is 1. The molecule has 6 N–H and O–H groups in total. The summed E-state index contributed by atoms with van der Waals surface area (Å²) in [6.07, 6.45) is 7.27. The average molecular weight is 445 g/mol. The standard InChI is InChI=1S/C23H36N6O3/c1-15(25-8-9-30)10-22(24)28-20-11-19(12-21-23(20)27-14-29(21)3)32-18-6-4-17(5-7-18)26-13-16(2)31/h10-12,14,16-18,25-26,30-31H,4-9,13H2,1-3H3,(H2,24,28)/b15-10-/t16-,17?,18?/m0/s1. The van der Waals surface area contributed by atoms with Crippen molar-refractivity contribution in [2.45, 2.75) is 57.8 Å². The largest absolute Gasteiger partial charge is 0.490 e. The van der Waals surface area contributed by atoms with Gasteiger partial charge in [-0.1, -0.05) is 0 Å². The lowest BCUT2D eigenvalue weighted by molar-refractivity contribution is 0.131. The second kappa shape index (κ2) is 11.3. The maximum Gasteiger partial charge on any atom is 0.125 e. The minimum Gasteiger partial charge on any atom is -0.490 e. The normalized spacial score (nSPS) is 21.0. The Bertz CT molecular complexity index is 945. The van der Waals surface area contributed by atoms with Gasteiger partial charge in [-0.2, -0.15) is 0 Å². The summed E-state index contributed by atoms with van der Waals surface area (Å²) in [4.78, 5) is 9.06. The number of fused-ring (bicyclic) bond motifs is 1. The molecule has 1 fully saturated rings. The second-order valence-corrected chi connectivity index (χ2v) is 8.53. The molecule has 0 spiro atoms. The molecule has 0 saturated heterocycles. The number of aryl methyl sites for hydroxylation is 1. The smallest absolute Gasteiger partial charge is 0.125 e. The van der Waals surface area contributed by atoms with Crippen LogP contribution in [0.1, 0.15) is 39.5 Å². The van der Waals surface area contributed by atoms with Gasteiger partial charge < -0.3 is 35.9 Å². The number of rotatable bonds is 10. The zero-order chi connectivity index (χ0) is 23.1. The van der Waals surface area contributed by atoms with E-state index in [4.69, 9.17) is 15.6 Å². The zero-order valence-corrected chi connectivity index (χ0v) is 19.2. The fourth-order valence-electron chi connectivity index (χ4n) is 3.95. The van der Waals surface area contributed by atoms with Crippen LogP contribution in [0.25, 0.3) is 11.0 Å². The molecular weight excluding hydrogens is 408 g/mol. The Morgan fingerprint density at radius 1 is 1.38 bits per heavy atom. The van der Waals surface area contributed by atoms with Crippen molar-refractivity contribution < 1.29 is 14.9 Å². The van der Waals surface area contributed by atoms with Crippen LogP contribution in [0.2, 0.25) is 0 Å². The molecule has 2 aromatic rings. The quantitative estimate of drug-likeness (QED) is 0.279. The first kappa shape index (κ1) is 24.0. The van der Waals surface area contributed by atoms with E-state index >= 15 is 0 Å². The van der Waals surface area contributed by atoms with Crippen molar-refractivity contribution in [2.75, 3.05) is 19.7 Å². The van der Waals surface area contributed by atoms with Crippen LogP contribution < -0.4 is 21.1 Å². The maximum absolute atomic E-state index is 9.46. The molecule has 1 aliphatic carbocycles. The van der Waals surface area contributed by atoms with E-state index < -0.39 is 0 Å². The van der Waals surface area contributed by atoms with Crippen molar-refractivity contribution in [3.05, 3.63) is 30.2 Å².